The van der Waals surface area contributed by atoms with Crippen LogP contribution in [0.4, 0.5) is 0 Å². The number of aryl methyl sites for hydroxylation is 1. The minimum Gasteiger partial charge on any atom is -0.347 e. The average Bonchev–Trinajstić information content (AvgIpc) is 3.36. The van der Waals surface area contributed by atoms with Crippen molar-refractivity contribution >= 4 is 21.8 Å². The van der Waals surface area contributed by atoms with E-state index in [2.05, 4.69) is 41.4 Å². The molecule has 0 aliphatic carbocycles. The fourth-order valence-corrected chi connectivity index (χ4v) is 3.01. The van der Waals surface area contributed by atoms with Gasteiger partial charge in [-0.1, -0.05) is 33.2 Å². The molecule has 0 saturated heterocycles. The van der Waals surface area contributed by atoms with Crippen LogP contribution in [0.15, 0.2) is 64.1 Å². The molecule has 1 N–H and O–H groups in total. The number of carbonyl (C=O) groups is 1. The van der Waals surface area contributed by atoms with Crippen LogP contribution < -0.4 is 5.32 Å². The van der Waals surface area contributed by atoms with Gasteiger partial charge in [0.2, 0.25) is 0 Å². The van der Waals surface area contributed by atoms with E-state index in [1.165, 1.54) is 0 Å². The molecular formula is C19H15BrN6O2. The molecule has 3 aromatic heterocycles. The van der Waals surface area contributed by atoms with Gasteiger partial charge >= 0.3 is 0 Å². The van der Waals surface area contributed by atoms with Gasteiger partial charge in [0.1, 0.15) is 17.8 Å². The molecule has 0 saturated carbocycles. The highest BCUT2D eigenvalue weighted by Crippen LogP contribution is 2.17. The van der Waals surface area contributed by atoms with Gasteiger partial charge in [0.05, 0.1) is 5.56 Å². The number of hydrogen-bond donors (Lipinski definition) is 1. The normalized spacial score (nSPS) is 10.8. The van der Waals surface area contributed by atoms with Gasteiger partial charge in [-0.15, -0.1) is 0 Å². The molecule has 0 aliphatic heterocycles. The maximum absolute atomic E-state index is 12.3. The highest BCUT2D eigenvalue weighted by molar-refractivity contribution is 9.10. The summed E-state index contributed by atoms with van der Waals surface area (Å²) >= 11 is 3.42. The molecular weight excluding hydrogens is 424 g/mol. The zero-order valence-electron chi connectivity index (χ0n) is 14.8. The highest BCUT2D eigenvalue weighted by atomic mass is 79.9. The van der Waals surface area contributed by atoms with E-state index in [0.29, 0.717) is 29.8 Å². The summed E-state index contributed by atoms with van der Waals surface area (Å²) in [6.45, 7) is 2.17. The first kappa shape index (κ1) is 18.1. The van der Waals surface area contributed by atoms with E-state index in [4.69, 9.17) is 4.52 Å². The van der Waals surface area contributed by atoms with Crippen molar-refractivity contribution in [3.8, 4) is 17.3 Å². The highest BCUT2D eigenvalue weighted by Gasteiger charge is 2.11. The van der Waals surface area contributed by atoms with E-state index in [0.717, 1.165) is 15.6 Å². The van der Waals surface area contributed by atoms with Crippen LogP contribution in [0.2, 0.25) is 0 Å². The monoisotopic (exact) mass is 438 g/mol. The molecule has 0 bridgehead atoms. The fourth-order valence-electron chi connectivity index (χ4n) is 2.56. The molecule has 8 nitrogen and oxygen atoms in total. The van der Waals surface area contributed by atoms with Crippen molar-refractivity contribution in [1.29, 1.82) is 0 Å². The lowest BCUT2D eigenvalue weighted by Crippen LogP contribution is -2.23. The molecule has 4 rings (SSSR count). The molecule has 4 aromatic rings. The van der Waals surface area contributed by atoms with Gasteiger partial charge in [-0.2, -0.15) is 4.98 Å². The molecule has 140 valence electrons. The van der Waals surface area contributed by atoms with Crippen molar-refractivity contribution in [1.82, 2.24) is 30.0 Å². The van der Waals surface area contributed by atoms with Gasteiger partial charge in [-0.05, 0) is 36.8 Å². The van der Waals surface area contributed by atoms with Gasteiger partial charge in [0.25, 0.3) is 11.8 Å². The molecule has 0 fully saturated rings. The van der Waals surface area contributed by atoms with E-state index in [9.17, 15) is 4.79 Å². The SMILES string of the molecule is Cc1noc(-c2ccc(-n3cnc(C(=O)NCc4cccc(Br)c4)c3)nc2)n1. The van der Waals surface area contributed by atoms with E-state index >= 15 is 0 Å². The minimum atomic E-state index is -0.253. The predicted molar refractivity (Wildman–Crippen MR) is 105 cm³/mol. The van der Waals surface area contributed by atoms with Gasteiger partial charge < -0.3 is 9.84 Å². The van der Waals surface area contributed by atoms with Crippen LogP contribution >= 0.6 is 15.9 Å². The van der Waals surface area contributed by atoms with Crippen LogP contribution in [0.5, 0.6) is 0 Å². The standard InChI is InChI=1S/C19H15BrN6O2/c1-12-24-19(28-25-12)14-5-6-17(21-9-14)26-10-16(23-11-26)18(27)22-8-13-3-2-4-15(20)7-13/h2-7,9-11H,8H2,1H3,(H,22,27). The number of aromatic nitrogens is 5. The van der Waals surface area contributed by atoms with Crippen LogP contribution in [-0.4, -0.2) is 30.6 Å². The molecule has 9 heteroatoms. The first-order chi connectivity index (χ1) is 13.6. The Morgan fingerprint density at radius 2 is 2.14 bits per heavy atom. The third-order valence-electron chi connectivity index (χ3n) is 3.94. The molecule has 1 amide bonds. The van der Waals surface area contributed by atoms with E-state index in [1.807, 2.05) is 30.3 Å². The van der Waals surface area contributed by atoms with Crippen molar-refractivity contribution in [2.24, 2.45) is 0 Å². The zero-order valence-corrected chi connectivity index (χ0v) is 16.4. The lowest BCUT2D eigenvalue weighted by atomic mass is 10.2. The van der Waals surface area contributed by atoms with Crippen molar-refractivity contribution < 1.29 is 9.32 Å². The Hall–Kier alpha value is -3.33. The summed E-state index contributed by atoms with van der Waals surface area (Å²) < 4.78 is 7.77. The second-order valence-electron chi connectivity index (χ2n) is 6.03. The van der Waals surface area contributed by atoms with Crippen molar-refractivity contribution in [2.45, 2.75) is 13.5 Å². The van der Waals surface area contributed by atoms with Gasteiger partial charge in [0, 0.05) is 23.4 Å². The number of carbonyl (C=O) groups excluding carboxylic acids is 1. The van der Waals surface area contributed by atoms with Crippen LogP contribution in [0.25, 0.3) is 17.3 Å². The van der Waals surface area contributed by atoms with E-state index in [-0.39, 0.29) is 5.91 Å². The van der Waals surface area contributed by atoms with Crippen LogP contribution in [-0.2, 0) is 6.54 Å². The predicted octanol–water partition coefficient (Wildman–Crippen LogP) is 3.32. The van der Waals surface area contributed by atoms with Crippen molar-refractivity contribution in [3.63, 3.8) is 0 Å². The maximum atomic E-state index is 12.3. The van der Waals surface area contributed by atoms with Crippen LogP contribution in [0, 0.1) is 6.92 Å². The number of amides is 1. The van der Waals surface area contributed by atoms with Gasteiger partial charge in [-0.3, -0.25) is 9.36 Å². The van der Waals surface area contributed by atoms with Crippen molar-refractivity contribution in [3.05, 3.63) is 76.7 Å². The molecule has 0 atom stereocenters. The number of halogens is 1. The molecule has 0 aliphatic rings. The summed E-state index contributed by atoms with van der Waals surface area (Å²) in [6.07, 6.45) is 4.82. The van der Waals surface area contributed by atoms with E-state index < -0.39 is 0 Å². The summed E-state index contributed by atoms with van der Waals surface area (Å²) in [7, 11) is 0. The van der Waals surface area contributed by atoms with Crippen molar-refractivity contribution in [2.75, 3.05) is 0 Å². The summed E-state index contributed by atoms with van der Waals surface area (Å²) in [6, 6.07) is 11.4. The lowest BCUT2D eigenvalue weighted by Gasteiger charge is -2.04. The largest absolute Gasteiger partial charge is 0.347 e. The third-order valence-corrected chi connectivity index (χ3v) is 4.44. The Kier molecular flexibility index (Phi) is 4.98. The second kappa shape index (κ2) is 7.73. The molecule has 0 unspecified atom stereocenters. The van der Waals surface area contributed by atoms with Crippen LogP contribution in [0.1, 0.15) is 21.9 Å². The quantitative estimate of drug-likeness (QED) is 0.512. The lowest BCUT2D eigenvalue weighted by molar-refractivity contribution is 0.0946. The van der Waals surface area contributed by atoms with Gasteiger partial charge in [0.15, 0.2) is 5.82 Å². The Morgan fingerprint density at radius 1 is 1.25 bits per heavy atom. The Bertz CT molecular complexity index is 1120. The number of rotatable bonds is 5. The number of imidazole rings is 1. The molecule has 0 radical (unpaired) electrons. The third kappa shape index (κ3) is 3.99. The fraction of sp³-hybridized carbons (Fsp3) is 0.105. The summed E-state index contributed by atoms with van der Waals surface area (Å²) in [4.78, 5) is 25.0. The Balaban J connectivity index is 1.44. The average molecular weight is 439 g/mol. The molecule has 3 heterocycles. The first-order valence-corrected chi connectivity index (χ1v) is 9.21. The zero-order chi connectivity index (χ0) is 19.5. The summed E-state index contributed by atoms with van der Waals surface area (Å²) in [5.41, 5.74) is 2.03. The molecule has 1 aromatic carbocycles. The van der Waals surface area contributed by atoms with Crippen LogP contribution in [0.3, 0.4) is 0 Å². The second-order valence-corrected chi connectivity index (χ2v) is 6.95. The molecule has 0 spiro atoms. The number of nitrogens with one attached hydrogen (secondary N) is 1. The smallest absolute Gasteiger partial charge is 0.271 e. The number of pyridine rings is 1. The summed E-state index contributed by atoms with van der Waals surface area (Å²) in [5.74, 6) is 1.34. The minimum absolute atomic E-state index is 0.253. The maximum Gasteiger partial charge on any atom is 0.271 e. The number of benzene rings is 1. The topological polar surface area (TPSA) is 98.7 Å². The number of nitrogens with zero attached hydrogens (tertiary/aromatic N) is 5. The van der Waals surface area contributed by atoms with Gasteiger partial charge in [-0.25, -0.2) is 9.97 Å². The Morgan fingerprint density at radius 3 is 2.86 bits per heavy atom. The molecule has 28 heavy (non-hydrogen) atoms. The van der Waals surface area contributed by atoms with E-state index in [1.54, 1.807) is 36.3 Å². The number of hydrogen-bond acceptors (Lipinski definition) is 6. The summed E-state index contributed by atoms with van der Waals surface area (Å²) in [5, 5.41) is 6.62. The first-order valence-electron chi connectivity index (χ1n) is 8.42. The Labute approximate surface area is 168 Å².